The summed E-state index contributed by atoms with van der Waals surface area (Å²) in [6, 6.07) is 0.815. The van der Waals surface area contributed by atoms with Gasteiger partial charge in [0.2, 0.25) is 0 Å². The maximum Gasteiger partial charge on any atom is 0.306 e. The largest absolute Gasteiger partial charge is 0.460 e. The topological polar surface area (TPSA) is 42.0 Å². The average molecular weight is 425 g/mol. The molecule has 1 saturated carbocycles. The third kappa shape index (κ3) is 11.7. The Morgan fingerprint density at radius 2 is 1.57 bits per heavy atom. The minimum absolute atomic E-state index is 0.0498. The van der Waals surface area contributed by atoms with Gasteiger partial charge in [0, 0.05) is 25.6 Å². The first-order valence-electron chi connectivity index (χ1n) is 12.7. The summed E-state index contributed by atoms with van der Waals surface area (Å²) in [4.78, 5) is 17.2. The predicted octanol–water partition coefficient (Wildman–Crippen LogP) is 5.03. The van der Waals surface area contributed by atoms with Crippen LogP contribution < -0.4 is 0 Å². The second-order valence-corrected chi connectivity index (χ2v) is 10.2. The molecule has 0 aromatic rings. The lowest BCUT2D eigenvalue weighted by atomic mass is 9.93. The molecular weight excluding hydrogens is 376 g/mol. The van der Waals surface area contributed by atoms with Gasteiger partial charge >= 0.3 is 5.97 Å². The number of nitrogens with zero attached hydrogens (tertiary/aromatic N) is 2. The van der Waals surface area contributed by atoms with E-state index in [9.17, 15) is 4.79 Å². The molecule has 2 fully saturated rings. The molecule has 0 radical (unpaired) electrons. The molecular formula is C25H48N2O3. The van der Waals surface area contributed by atoms with Crippen LogP contribution in [0, 0.1) is 0 Å². The molecule has 5 heteroatoms. The molecule has 0 atom stereocenters. The summed E-state index contributed by atoms with van der Waals surface area (Å²) in [7, 11) is 0. The third-order valence-electron chi connectivity index (χ3n) is 6.36. The van der Waals surface area contributed by atoms with E-state index in [4.69, 9.17) is 9.47 Å². The van der Waals surface area contributed by atoms with Crippen LogP contribution in [0.2, 0.25) is 0 Å². The van der Waals surface area contributed by atoms with Gasteiger partial charge in [-0.3, -0.25) is 9.69 Å². The summed E-state index contributed by atoms with van der Waals surface area (Å²) in [6.07, 6.45) is 14.8. The molecule has 0 bridgehead atoms. The minimum Gasteiger partial charge on any atom is -0.460 e. The van der Waals surface area contributed by atoms with Crippen LogP contribution in [0.15, 0.2) is 0 Å². The SMILES string of the molecule is CC(C)(C)OC(=O)CCCCCCCN(CCCN1CCOCC1)C1CCCCC1. The molecule has 1 heterocycles. The van der Waals surface area contributed by atoms with Gasteiger partial charge in [0.05, 0.1) is 13.2 Å². The molecule has 0 aromatic carbocycles. The van der Waals surface area contributed by atoms with E-state index in [0.717, 1.165) is 45.2 Å². The van der Waals surface area contributed by atoms with Gasteiger partial charge in [-0.05, 0) is 72.5 Å². The number of carbonyl (C=O) groups is 1. The van der Waals surface area contributed by atoms with Crippen LogP contribution in [0.4, 0.5) is 0 Å². The second kappa shape index (κ2) is 14.4. The number of hydrogen-bond acceptors (Lipinski definition) is 5. The van der Waals surface area contributed by atoms with Gasteiger partial charge in [-0.25, -0.2) is 0 Å². The Labute approximate surface area is 185 Å². The van der Waals surface area contributed by atoms with Crippen molar-refractivity contribution in [3.05, 3.63) is 0 Å². The first-order chi connectivity index (χ1) is 14.4. The Bertz CT molecular complexity index is 452. The van der Waals surface area contributed by atoms with E-state index in [0.29, 0.717) is 6.42 Å². The van der Waals surface area contributed by atoms with Gasteiger partial charge in [0.1, 0.15) is 5.60 Å². The molecule has 1 aliphatic heterocycles. The van der Waals surface area contributed by atoms with Crippen molar-refractivity contribution >= 4 is 5.97 Å². The molecule has 176 valence electrons. The molecule has 2 rings (SSSR count). The summed E-state index contributed by atoms with van der Waals surface area (Å²) in [5, 5.41) is 0. The van der Waals surface area contributed by atoms with E-state index >= 15 is 0 Å². The van der Waals surface area contributed by atoms with Crippen molar-refractivity contribution in [2.45, 2.75) is 109 Å². The van der Waals surface area contributed by atoms with Crippen molar-refractivity contribution < 1.29 is 14.3 Å². The fourth-order valence-corrected chi connectivity index (χ4v) is 4.75. The highest BCUT2D eigenvalue weighted by atomic mass is 16.6. The monoisotopic (exact) mass is 424 g/mol. The summed E-state index contributed by atoms with van der Waals surface area (Å²) in [5.74, 6) is -0.0498. The smallest absolute Gasteiger partial charge is 0.306 e. The third-order valence-corrected chi connectivity index (χ3v) is 6.36. The zero-order valence-corrected chi connectivity index (χ0v) is 20.1. The zero-order valence-electron chi connectivity index (χ0n) is 20.1. The lowest BCUT2D eigenvalue weighted by Gasteiger charge is -2.35. The number of morpholine rings is 1. The van der Waals surface area contributed by atoms with E-state index in [1.165, 1.54) is 77.4 Å². The van der Waals surface area contributed by atoms with Gasteiger partial charge in [-0.2, -0.15) is 0 Å². The zero-order chi connectivity index (χ0) is 21.7. The lowest BCUT2D eigenvalue weighted by Crippen LogP contribution is -2.41. The molecule has 0 unspecified atom stereocenters. The Kier molecular flexibility index (Phi) is 12.3. The van der Waals surface area contributed by atoms with Crippen LogP contribution in [0.25, 0.3) is 0 Å². The maximum atomic E-state index is 11.8. The number of ether oxygens (including phenoxy) is 2. The van der Waals surface area contributed by atoms with Crippen molar-refractivity contribution in [1.82, 2.24) is 9.80 Å². The Balaban J connectivity index is 1.58. The summed E-state index contributed by atoms with van der Waals surface area (Å²) in [6.45, 7) is 13.5. The van der Waals surface area contributed by atoms with E-state index in [2.05, 4.69) is 9.80 Å². The summed E-state index contributed by atoms with van der Waals surface area (Å²) >= 11 is 0. The van der Waals surface area contributed by atoms with Crippen LogP contribution >= 0.6 is 0 Å². The number of unbranched alkanes of at least 4 members (excludes halogenated alkanes) is 4. The number of carbonyl (C=O) groups excluding carboxylic acids is 1. The molecule has 30 heavy (non-hydrogen) atoms. The van der Waals surface area contributed by atoms with Gasteiger partial charge < -0.3 is 14.4 Å². The Morgan fingerprint density at radius 3 is 2.27 bits per heavy atom. The van der Waals surface area contributed by atoms with Crippen molar-refractivity contribution in [3.63, 3.8) is 0 Å². The molecule has 2 aliphatic rings. The Hall–Kier alpha value is -0.650. The van der Waals surface area contributed by atoms with Crippen molar-refractivity contribution in [2.24, 2.45) is 0 Å². The van der Waals surface area contributed by atoms with Crippen LogP contribution in [0.5, 0.6) is 0 Å². The highest BCUT2D eigenvalue weighted by Gasteiger charge is 2.21. The standard InChI is InChI=1S/C25H48N2O3/c1-25(2,3)30-24(28)15-10-5-4-6-11-17-27(23-13-8-7-9-14-23)18-12-16-26-19-21-29-22-20-26/h23H,4-22H2,1-3H3. The highest BCUT2D eigenvalue weighted by Crippen LogP contribution is 2.23. The van der Waals surface area contributed by atoms with Gasteiger partial charge in [0.25, 0.3) is 0 Å². The van der Waals surface area contributed by atoms with Crippen LogP contribution in [0.3, 0.4) is 0 Å². The average Bonchev–Trinajstić information content (AvgIpc) is 2.72. The molecule has 1 aliphatic carbocycles. The van der Waals surface area contributed by atoms with Crippen LogP contribution in [-0.4, -0.2) is 73.3 Å². The quantitative estimate of drug-likeness (QED) is 0.306. The second-order valence-electron chi connectivity index (χ2n) is 10.2. The van der Waals surface area contributed by atoms with E-state index in [1.54, 1.807) is 0 Å². The van der Waals surface area contributed by atoms with Gasteiger partial charge in [-0.1, -0.05) is 38.5 Å². The predicted molar refractivity (Wildman–Crippen MR) is 124 cm³/mol. The summed E-state index contributed by atoms with van der Waals surface area (Å²) < 4.78 is 10.9. The van der Waals surface area contributed by atoms with Crippen LogP contribution in [-0.2, 0) is 14.3 Å². The normalized spacial score (nSPS) is 19.3. The van der Waals surface area contributed by atoms with Gasteiger partial charge in [-0.15, -0.1) is 0 Å². The number of hydrogen-bond donors (Lipinski definition) is 0. The Morgan fingerprint density at radius 1 is 0.933 bits per heavy atom. The first kappa shape index (κ1) is 25.6. The highest BCUT2D eigenvalue weighted by molar-refractivity contribution is 5.69. The van der Waals surface area contributed by atoms with Crippen molar-refractivity contribution in [2.75, 3.05) is 45.9 Å². The van der Waals surface area contributed by atoms with Crippen molar-refractivity contribution in [1.29, 1.82) is 0 Å². The molecule has 0 aromatic heterocycles. The molecule has 0 amide bonds. The number of esters is 1. The maximum absolute atomic E-state index is 11.8. The molecule has 0 N–H and O–H groups in total. The van der Waals surface area contributed by atoms with Gasteiger partial charge in [0.15, 0.2) is 0 Å². The van der Waals surface area contributed by atoms with Crippen LogP contribution in [0.1, 0.15) is 97.8 Å². The molecule has 5 nitrogen and oxygen atoms in total. The van der Waals surface area contributed by atoms with Crippen molar-refractivity contribution in [3.8, 4) is 0 Å². The van der Waals surface area contributed by atoms with E-state index in [1.807, 2.05) is 20.8 Å². The van der Waals surface area contributed by atoms with E-state index in [-0.39, 0.29) is 11.6 Å². The summed E-state index contributed by atoms with van der Waals surface area (Å²) in [5.41, 5.74) is -0.360. The minimum atomic E-state index is -0.360. The lowest BCUT2D eigenvalue weighted by molar-refractivity contribution is -0.154. The molecule has 1 saturated heterocycles. The fourth-order valence-electron chi connectivity index (χ4n) is 4.75. The van der Waals surface area contributed by atoms with E-state index < -0.39 is 0 Å². The fraction of sp³-hybridized carbons (Fsp3) is 0.960. The molecule has 0 spiro atoms. The number of rotatable bonds is 13. The first-order valence-corrected chi connectivity index (χ1v) is 12.7.